The molecule has 1 atom stereocenters. The fraction of sp³-hybridized carbons (Fsp3) is 0.636. The van der Waals surface area contributed by atoms with Crippen LogP contribution in [-0.4, -0.2) is 17.5 Å². The first-order valence-electron chi connectivity index (χ1n) is 5.17. The fourth-order valence-corrected chi connectivity index (χ4v) is 2.06. The van der Waals surface area contributed by atoms with Crippen molar-refractivity contribution in [3.63, 3.8) is 0 Å². The second-order valence-corrected chi connectivity index (χ2v) is 4.94. The van der Waals surface area contributed by atoms with Gasteiger partial charge in [-0.15, -0.1) is 0 Å². The number of furan rings is 1. The molecule has 0 fully saturated rings. The van der Waals surface area contributed by atoms with E-state index in [0.717, 1.165) is 18.8 Å². The molecule has 14 heavy (non-hydrogen) atoms. The van der Waals surface area contributed by atoms with E-state index >= 15 is 0 Å². The number of thioether (sulfide) groups is 1. The largest absolute Gasteiger partial charge is 0.468 e. The van der Waals surface area contributed by atoms with Gasteiger partial charge in [0, 0.05) is 11.8 Å². The molecular formula is C11H19NOS. The summed E-state index contributed by atoms with van der Waals surface area (Å²) in [7, 11) is 0. The predicted molar refractivity (Wildman–Crippen MR) is 62.6 cm³/mol. The Morgan fingerprint density at radius 1 is 1.57 bits per heavy atom. The molecule has 1 aromatic rings. The number of hydrogen-bond donors (Lipinski definition) is 1. The lowest BCUT2D eigenvalue weighted by Gasteiger charge is -2.10. The van der Waals surface area contributed by atoms with Gasteiger partial charge in [0.15, 0.2) is 0 Å². The van der Waals surface area contributed by atoms with Crippen LogP contribution in [-0.2, 0) is 6.54 Å². The van der Waals surface area contributed by atoms with Gasteiger partial charge in [0.2, 0.25) is 0 Å². The molecule has 1 unspecified atom stereocenters. The van der Waals surface area contributed by atoms with E-state index in [0.29, 0.717) is 5.25 Å². The lowest BCUT2D eigenvalue weighted by Crippen LogP contribution is -2.22. The third-order valence-corrected chi connectivity index (χ3v) is 3.30. The van der Waals surface area contributed by atoms with Gasteiger partial charge >= 0.3 is 0 Å². The molecule has 1 aromatic heterocycles. The Hall–Kier alpha value is -0.410. The average molecular weight is 213 g/mol. The number of hydrogen-bond acceptors (Lipinski definition) is 3. The summed E-state index contributed by atoms with van der Waals surface area (Å²) in [5, 5.41) is 4.07. The maximum atomic E-state index is 5.23. The van der Waals surface area contributed by atoms with Crippen molar-refractivity contribution in [2.24, 2.45) is 0 Å². The molecule has 3 heteroatoms. The summed E-state index contributed by atoms with van der Waals surface area (Å²) < 4.78 is 5.23. The van der Waals surface area contributed by atoms with Crippen LogP contribution in [0.15, 0.2) is 22.8 Å². The molecule has 0 aliphatic rings. The monoisotopic (exact) mass is 213 g/mol. The van der Waals surface area contributed by atoms with Crippen LogP contribution < -0.4 is 5.32 Å². The van der Waals surface area contributed by atoms with Crippen molar-refractivity contribution in [3.05, 3.63) is 24.2 Å². The first-order chi connectivity index (χ1) is 6.83. The van der Waals surface area contributed by atoms with Gasteiger partial charge in [-0.25, -0.2) is 0 Å². The Balaban J connectivity index is 2.03. The molecule has 0 spiro atoms. The molecule has 0 saturated carbocycles. The van der Waals surface area contributed by atoms with Crippen LogP contribution >= 0.6 is 11.8 Å². The lowest BCUT2D eigenvalue weighted by molar-refractivity contribution is 0.484. The van der Waals surface area contributed by atoms with Crippen LogP contribution in [0.4, 0.5) is 0 Å². The van der Waals surface area contributed by atoms with E-state index in [1.165, 1.54) is 12.2 Å². The smallest absolute Gasteiger partial charge is 0.117 e. The highest BCUT2D eigenvalue weighted by Gasteiger charge is 2.01. The van der Waals surface area contributed by atoms with Crippen LogP contribution in [0.5, 0.6) is 0 Å². The van der Waals surface area contributed by atoms with Gasteiger partial charge in [-0.2, -0.15) is 11.8 Å². The minimum atomic E-state index is 0.685. The van der Waals surface area contributed by atoms with Crippen molar-refractivity contribution >= 4 is 11.8 Å². The summed E-state index contributed by atoms with van der Waals surface area (Å²) in [5.41, 5.74) is 0. The van der Waals surface area contributed by atoms with Gasteiger partial charge < -0.3 is 9.73 Å². The van der Waals surface area contributed by atoms with E-state index in [1.807, 2.05) is 23.9 Å². The highest BCUT2D eigenvalue weighted by Crippen LogP contribution is 2.10. The molecule has 2 nitrogen and oxygen atoms in total. The predicted octanol–water partition coefficient (Wildman–Crippen LogP) is 2.90. The van der Waals surface area contributed by atoms with Crippen LogP contribution in [0.1, 0.15) is 26.0 Å². The van der Waals surface area contributed by atoms with Crippen molar-refractivity contribution in [2.75, 3.05) is 12.3 Å². The van der Waals surface area contributed by atoms with Crippen molar-refractivity contribution in [3.8, 4) is 0 Å². The molecule has 80 valence electrons. The molecule has 0 aromatic carbocycles. The zero-order valence-corrected chi connectivity index (χ0v) is 9.77. The highest BCUT2D eigenvalue weighted by molar-refractivity contribution is 7.99. The summed E-state index contributed by atoms with van der Waals surface area (Å²) >= 11 is 2.02. The highest BCUT2D eigenvalue weighted by atomic mass is 32.2. The molecular weight excluding hydrogens is 194 g/mol. The van der Waals surface area contributed by atoms with Gasteiger partial charge in [0.05, 0.1) is 12.8 Å². The van der Waals surface area contributed by atoms with Crippen LogP contribution in [0.25, 0.3) is 0 Å². The quantitative estimate of drug-likeness (QED) is 0.754. The molecule has 0 aliphatic heterocycles. The maximum Gasteiger partial charge on any atom is 0.117 e. The second-order valence-electron chi connectivity index (χ2n) is 3.39. The molecule has 0 amide bonds. The number of rotatable bonds is 7. The Bertz CT molecular complexity index is 223. The standard InChI is InChI=1S/C11H19NOS/c1-3-7-14-10(2)8-12-9-11-5-4-6-13-11/h4-6,10,12H,3,7-9H2,1-2H3. The summed E-state index contributed by atoms with van der Waals surface area (Å²) in [4.78, 5) is 0. The summed E-state index contributed by atoms with van der Waals surface area (Å²) in [6, 6.07) is 3.92. The Labute approximate surface area is 90.5 Å². The normalized spacial score (nSPS) is 13.0. The van der Waals surface area contributed by atoms with Gasteiger partial charge in [-0.1, -0.05) is 13.8 Å². The SMILES string of the molecule is CCCSC(C)CNCc1ccco1. The van der Waals surface area contributed by atoms with Crippen LogP contribution in [0.3, 0.4) is 0 Å². The van der Waals surface area contributed by atoms with E-state index in [2.05, 4.69) is 19.2 Å². The Morgan fingerprint density at radius 2 is 2.43 bits per heavy atom. The third-order valence-electron chi connectivity index (χ3n) is 1.92. The van der Waals surface area contributed by atoms with E-state index in [1.54, 1.807) is 6.26 Å². The minimum absolute atomic E-state index is 0.685. The van der Waals surface area contributed by atoms with E-state index in [9.17, 15) is 0 Å². The first kappa shape index (κ1) is 11.7. The number of nitrogens with one attached hydrogen (secondary N) is 1. The third kappa shape index (κ3) is 4.72. The van der Waals surface area contributed by atoms with Crippen molar-refractivity contribution < 1.29 is 4.42 Å². The molecule has 0 saturated heterocycles. The summed E-state index contributed by atoms with van der Waals surface area (Å²) in [6.07, 6.45) is 2.97. The summed E-state index contributed by atoms with van der Waals surface area (Å²) in [6.45, 7) is 6.36. The van der Waals surface area contributed by atoms with Crippen LogP contribution in [0, 0.1) is 0 Å². The first-order valence-corrected chi connectivity index (χ1v) is 6.22. The van der Waals surface area contributed by atoms with Crippen molar-refractivity contribution in [2.45, 2.75) is 32.1 Å². The Morgan fingerprint density at radius 3 is 3.07 bits per heavy atom. The molecule has 1 N–H and O–H groups in total. The Kier molecular flexibility index (Phi) is 5.80. The van der Waals surface area contributed by atoms with Gasteiger partial charge in [0.1, 0.15) is 5.76 Å². The molecule has 1 rings (SSSR count). The fourth-order valence-electron chi connectivity index (χ4n) is 1.19. The van der Waals surface area contributed by atoms with Crippen molar-refractivity contribution in [1.29, 1.82) is 0 Å². The van der Waals surface area contributed by atoms with Gasteiger partial charge in [-0.05, 0) is 24.3 Å². The lowest BCUT2D eigenvalue weighted by atomic mass is 10.4. The molecule has 0 aliphatic carbocycles. The zero-order chi connectivity index (χ0) is 10.2. The van der Waals surface area contributed by atoms with E-state index in [4.69, 9.17) is 4.42 Å². The molecule has 0 radical (unpaired) electrons. The summed E-state index contributed by atoms with van der Waals surface area (Å²) in [5.74, 6) is 2.27. The van der Waals surface area contributed by atoms with Gasteiger partial charge in [0.25, 0.3) is 0 Å². The van der Waals surface area contributed by atoms with Crippen molar-refractivity contribution in [1.82, 2.24) is 5.32 Å². The molecule has 0 bridgehead atoms. The van der Waals surface area contributed by atoms with E-state index in [-0.39, 0.29) is 0 Å². The van der Waals surface area contributed by atoms with Gasteiger partial charge in [-0.3, -0.25) is 0 Å². The molecule has 1 heterocycles. The maximum absolute atomic E-state index is 5.23. The van der Waals surface area contributed by atoms with E-state index < -0.39 is 0 Å². The average Bonchev–Trinajstić information content (AvgIpc) is 2.67. The van der Waals surface area contributed by atoms with Crippen LogP contribution in [0.2, 0.25) is 0 Å². The topological polar surface area (TPSA) is 25.2 Å². The zero-order valence-electron chi connectivity index (χ0n) is 8.95. The second kappa shape index (κ2) is 6.96. The minimum Gasteiger partial charge on any atom is -0.468 e.